The van der Waals surface area contributed by atoms with Crippen LogP contribution in [0.4, 0.5) is 0 Å². The maximum absolute atomic E-state index is 13.4. The Morgan fingerprint density at radius 2 is 2.07 bits per heavy atom. The van der Waals surface area contributed by atoms with Crippen LogP contribution in [0.3, 0.4) is 0 Å². The number of amides is 1. The van der Waals surface area contributed by atoms with Crippen LogP contribution < -0.4 is 16.6 Å². The Morgan fingerprint density at radius 1 is 1.32 bits per heavy atom. The van der Waals surface area contributed by atoms with Crippen molar-refractivity contribution in [3.8, 4) is 0 Å². The van der Waals surface area contributed by atoms with E-state index in [2.05, 4.69) is 15.3 Å². The van der Waals surface area contributed by atoms with Crippen molar-refractivity contribution in [3.63, 3.8) is 0 Å². The Bertz CT molecular complexity index is 1030. The molecule has 1 unspecified atom stereocenters. The minimum absolute atomic E-state index is 0.0366. The molecule has 1 aliphatic heterocycles. The maximum atomic E-state index is 13.4. The molecule has 2 aromatic rings. The number of nitrogens with zero attached hydrogens (tertiary/aromatic N) is 3. The zero-order valence-corrected chi connectivity index (χ0v) is 16.6. The number of hydrogen-bond donors (Lipinski definition) is 2. The number of fused-ring (bicyclic) bond motifs is 1. The van der Waals surface area contributed by atoms with Gasteiger partial charge >= 0.3 is 5.69 Å². The molecule has 0 aromatic carbocycles. The molecule has 2 aromatic heterocycles. The summed E-state index contributed by atoms with van der Waals surface area (Å²) in [4.78, 5) is 47.5. The Labute approximate surface area is 163 Å². The summed E-state index contributed by atoms with van der Waals surface area (Å²) in [5.74, 6) is 0.340. The van der Waals surface area contributed by atoms with E-state index in [9.17, 15) is 14.4 Å². The van der Waals surface area contributed by atoms with Gasteiger partial charge in [-0.1, -0.05) is 13.8 Å². The Balaban J connectivity index is 1.95. The van der Waals surface area contributed by atoms with Crippen molar-refractivity contribution in [3.05, 3.63) is 38.2 Å². The first-order chi connectivity index (χ1) is 13.4. The smallest absolute Gasteiger partial charge is 0.330 e. The lowest BCUT2D eigenvalue weighted by molar-refractivity contribution is 0.0657. The number of piperazine rings is 1. The SMILES string of the molecule is CC(C)Cn1c(=O)[nH]c(=O)c2c(C(=O)N3CCNCC3C)cc(C3CC3)nc21. The molecule has 8 heteroatoms. The highest BCUT2D eigenvalue weighted by Gasteiger charge is 2.31. The van der Waals surface area contributed by atoms with E-state index in [0.29, 0.717) is 30.2 Å². The van der Waals surface area contributed by atoms with Crippen molar-refractivity contribution >= 4 is 16.9 Å². The summed E-state index contributed by atoms with van der Waals surface area (Å²) in [6, 6.07) is 1.81. The van der Waals surface area contributed by atoms with Crippen LogP contribution in [-0.2, 0) is 6.54 Å². The monoisotopic (exact) mass is 385 g/mol. The number of carbonyl (C=O) groups excluding carboxylic acids is 1. The van der Waals surface area contributed by atoms with Gasteiger partial charge in [0.1, 0.15) is 0 Å². The number of rotatable bonds is 4. The third-order valence-electron chi connectivity index (χ3n) is 5.50. The highest BCUT2D eigenvalue weighted by molar-refractivity contribution is 6.05. The van der Waals surface area contributed by atoms with E-state index in [1.165, 1.54) is 4.57 Å². The van der Waals surface area contributed by atoms with E-state index >= 15 is 0 Å². The minimum atomic E-state index is -0.541. The number of aromatic amines is 1. The average Bonchev–Trinajstić information content (AvgIpc) is 3.49. The Kier molecular flexibility index (Phi) is 4.82. The summed E-state index contributed by atoms with van der Waals surface area (Å²) in [6.45, 7) is 8.47. The molecule has 0 radical (unpaired) electrons. The van der Waals surface area contributed by atoms with Gasteiger partial charge in [0.2, 0.25) is 0 Å². The van der Waals surface area contributed by atoms with Crippen molar-refractivity contribution < 1.29 is 4.79 Å². The highest BCUT2D eigenvalue weighted by atomic mass is 16.2. The maximum Gasteiger partial charge on any atom is 0.330 e. The molecule has 150 valence electrons. The number of H-pyrrole nitrogens is 1. The largest absolute Gasteiger partial charge is 0.333 e. The Morgan fingerprint density at radius 3 is 2.71 bits per heavy atom. The standard InChI is InChI=1S/C20H27N5O3/c1-11(2)10-25-17-16(18(26)23-20(25)28)14(8-15(22-17)13-4-5-13)19(27)24-7-6-21-9-12(24)3/h8,11-13,21H,4-7,9-10H2,1-3H3,(H,23,26,28). The van der Waals surface area contributed by atoms with Crippen LogP contribution in [0.2, 0.25) is 0 Å². The number of aromatic nitrogens is 3. The van der Waals surface area contributed by atoms with Gasteiger partial charge in [-0.05, 0) is 31.7 Å². The molecule has 3 heterocycles. The van der Waals surface area contributed by atoms with Crippen LogP contribution in [0.15, 0.2) is 15.7 Å². The number of nitrogens with one attached hydrogen (secondary N) is 2. The first kappa shape index (κ1) is 18.9. The minimum Gasteiger partial charge on any atom is -0.333 e. The summed E-state index contributed by atoms with van der Waals surface area (Å²) in [6.07, 6.45) is 2.04. The molecule has 4 rings (SSSR count). The quantitative estimate of drug-likeness (QED) is 0.820. The molecule has 8 nitrogen and oxygen atoms in total. The van der Waals surface area contributed by atoms with E-state index in [1.807, 2.05) is 20.8 Å². The van der Waals surface area contributed by atoms with Gasteiger partial charge in [0.25, 0.3) is 11.5 Å². The summed E-state index contributed by atoms with van der Waals surface area (Å²) in [5.41, 5.74) is 0.486. The molecule has 1 saturated carbocycles. The van der Waals surface area contributed by atoms with Gasteiger partial charge in [-0.15, -0.1) is 0 Å². The zero-order valence-electron chi connectivity index (χ0n) is 16.6. The number of hydrogen-bond acceptors (Lipinski definition) is 5. The fourth-order valence-corrected chi connectivity index (χ4v) is 3.88. The molecule has 2 fully saturated rings. The molecule has 28 heavy (non-hydrogen) atoms. The summed E-state index contributed by atoms with van der Waals surface area (Å²) < 4.78 is 1.51. The molecular weight excluding hydrogens is 358 g/mol. The van der Waals surface area contributed by atoms with E-state index in [1.54, 1.807) is 11.0 Å². The van der Waals surface area contributed by atoms with Gasteiger partial charge in [-0.25, -0.2) is 9.78 Å². The zero-order chi connectivity index (χ0) is 20.0. The lowest BCUT2D eigenvalue weighted by Crippen LogP contribution is -2.52. The first-order valence-corrected chi connectivity index (χ1v) is 10.1. The van der Waals surface area contributed by atoms with Gasteiger partial charge < -0.3 is 10.2 Å². The highest BCUT2D eigenvalue weighted by Crippen LogP contribution is 2.40. The van der Waals surface area contributed by atoms with Crippen LogP contribution in [0, 0.1) is 5.92 Å². The predicted molar refractivity (Wildman–Crippen MR) is 107 cm³/mol. The second-order valence-electron chi connectivity index (χ2n) is 8.38. The van der Waals surface area contributed by atoms with Crippen molar-refractivity contribution in [2.45, 2.75) is 52.1 Å². The molecule has 1 aliphatic carbocycles. The Hall–Kier alpha value is -2.48. The molecule has 1 amide bonds. The number of carbonyl (C=O) groups is 1. The molecule has 0 bridgehead atoms. The van der Waals surface area contributed by atoms with Gasteiger partial charge in [0.05, 0.1) is 10.9 Å². The molecule has 1 saturated heterocycles. The molecule has 2 aliphatic rings. The van der Waals surface area contributed by atoms with Gasteiger partial charge in [0.15, 0.2) is 5.65 Å². The molecule has 0 spiro atoms. The third-order valence-corrected chi connectivity index (χ3v) is 5.50. The van der Waals surface area contributed by atoms with Crippen LogP contribution in [0.1, 0.15) is 55.6 Å². The summed E-state index contributed by atoms with van der Waals surface area (Å²) >= 11 is 0. The summed E-state index contributed by atoms with van der Waals surface area (Å²) in [7, 11) is 0. The molecule has 1 atom stereocenters. The second-order valence-corrected chi connectivity index (χ2v) is 8.38. The van der Waals surface area contributed by atoms with Gasteiger partial charge in [-0.3, -0.25) is 19.1 Å². The van der Waals surface area contributed by atoms with Crippen molar-refractivity contribution in [2.75, 3.05) is 19.6 Å². The van der Waals surface area contributed by atoms with E-state index in [0.717, 1.165) is 31.6 Å². The third kappa shape index (κ3) is 3.37. The van der Waals surface area contributed by atoms with Crippen LogP contribution in [0.5, 0.6) is 0 Å². The lowest BCUT2D eigenvalue weighted by atomic mass is 10.1. The van der Waals surface area contributed by atoms with Crippen LogP contribution in [0.25, 0.3) is 11.0 Å². The van der Waals surface area contributed by atoms with Crippen molar-refractivity contribution in [2.24, 2.45) is 5.92 Å². The normalized spacial score (nSPS) is 20.1. The average molecular weight is 385 g/mol. The van der Waals surface area contributed by atoms with Crippen LogP contribution in [-0.4, -0.2) is 51.0 Å². The predicted octanol–water partition coefficient (Wildman–Crippen LogP) is 1.05. The van der Waals surface area contributed by atoms with Crippen molar-refractivity contribution in [1.29, 1.82) is 0 Å². The molecule has 2 N–H and O–H groups in total. The van der Waals surface area contributed by atoms with Gasteiger partial charge in [0, 0.05) is 43.8 Å². The van der Waals surface area contributed by atoms with Crippen molar-refractivity contribution in [1.82, 2.24) is 24.8 Å². The van der Waals surface area contributed by atoms with E-state index in [4.69, 9.17) is 0 Å². The molecular formula is C20H27N5O3. The fraction of sp³-hybridized carbons (Fsp3) is 0.600. The fourth-order valence-electron chi connectivity index (χ4n) is 3.88. The summed E-state index contributed by atoms with van der Waals surface area (Å²) in [5, 5.41) is 3.50. The second kappa shape index (κ2) is 7.16. The number of pyridine rings is 1. The van der Waals surface area contributed by atoms with E-state index < -0.39 is 11.2 Å². The van der Waals surface area contributed by atoms with E-state index in [-0.39, 0.29) is 23.3 Å². The van der Waals surface area contributed by atoms with Gasteiger partial charge in [-0.2, -0.15) is 0 Å². The first-order valence-electron chi connectivity index (χ1n) is 10.1. The topological polar surface area (TPSA) is 100 Å². The lowest BCUT2D eigenvalue weighted by Gasteiger charge is -2.34. The van der Waals surface area contributed by atoms with Crippen LogP contribution >= 0.6 is 0 Å².